The highest BCUT2D eigenvalue weighted by Crippen LogP contribution is 2.18. The number of piperazine rings is 1. The first kappa shape index (κ1) is 17.1. The number of urea groups is 1. The third kappa shape index (κ3) is 5.14. The van der Waals surface area contributed by atoms with Crippen LogP contribution in [0.4, 0.5) is 10.5 Å². The van der Waals surface area contributed by atoms with Crippen molar-refractivity contribution >= 4 is 17.6 Å². The van der Waals surface area contributed by atoms with Gasteiger partial charge in [0.25, 0.3) is 0 Å². The Bertz CT molecular complexity index is 542. The predicted molar refractivity (Wildman–Crippen MR) is 88.7 cm³/mol. The highest BCUT2D eigenvalue weighted by molar-refractivity contribution is 5.89. The molecule has 2 rings (SSSR count). The van der Waals surface area contributed by atoms with Gasteiger partial charge in [0.15, 0.2) is 0 Å². The van der Waals surface area contributed by atoms with Gasteiger partial charge in [-0.05, 0) is 19.1 Å². The van der Waals surface area contributed by atoms with Crippen molar-refractivity contribution in [2.24, 2.45) is 0 Å². The monoisotopic (exact) mass is 320 g/mol. The molecule has 3 amide bonds. The Morgan fingerprint density at radius 1 is 1.22 bits per heavy atom. The fourth-order valence-electron chi connectivity index (χ4n) is 2.42. The molecule has 7 heteroatoms. The van der Waals surface area contributed by atoms with Crippen LogP contribution in [0.5, 0.6) is 5.75 Å². The Hall–Kier alpha value is -2.28. The molecule has 1 aromatic carbocycles. The number of carbonyl (C=O) groups excluding carboxylic acids is 2. The summed E-state index contributed by atoms with van der Waals surface area (Å²) >= 11 is 0. The smallest absolute Gasteiger partial charge is 0.321 e. The highest BCUT2D eigenvalue weighted by atomic mass is 16.5. The van der Waals surface area contributed by atoms with E-state index >= 15 is 0 Å². The second-order valence-corrected chi connectivity index (χ2v) is 5.33. The van der Waals surface area contributed by atoms with Crippen LogP contribution in [0.15, 0.2) is 24.3 Å². The van der Waals surface area contributed by atoms with Crippen molar-refractivity contribution in [1.82, 2.24) is 15.1 Å². The molecule has 126 valence electrons. The highest BCUT2D eigenvalue weighted by Gasteiger charge is 2.22. The van der Waals surface area contributed by atoms with Crippen molar-refractivity contribution in [2.75, 3.05) is 51.7 Å². The number of hydrogen-bond donors (Lipinski definition) is 2. The van der Waals surface area contributed by atoms with Crippen LogP contribution in [-0.2, 0) is 4.79 Å². The molecule has 1 fully saturated rings. The van der Waals surface area contributed by atoms with Gasteiger partial charge in [-0.1, -0.05) is 6.07 Å². The van der Waals surface area contributed by atoms with E-state index in [0.29, 0.717) is 45.0 Å². The van der Waals surface area contributed by atoms with E-state index in [9.17, 15) is 9.59 Å². The number of rotatable bonds is 5. The van der Waals surface area contributed by atoms with Crippen molar-refractivity contribution in [1.29, 1.82) is 0 Å². The van der Waals surface area contributed by atoms with Gasteiger partial charge in [-0.3, -0.25) is 9.69 Å². The van der Waals surface area contributed by atoms with Crippen LogP contribution in [0.1, 0.15) is 6.92 Å². The topological polar surface area (TPSA) is 73.9 Å². The van der Waals surface area contributed by atoms with Crippen molar-refractivity contribution in [3.05, 3.63) is 24.3 Å². The zero-order valence-corrected chi connectivity index (χ0v) is 13.7. The first-order chi connectivity index (χ1) is 11.1. The molecule has 0 spiro atoms. The Labute approximate surface area is 136 Å². The number of ether oxygens (including phenoxy) is 1. The minimum absolute atomic E-state index is 0.00404. The Kier molecular flexibility index (Phi) is 6.22. The molecule has 23 heavy (non-hydrogen) atoms. The van der Waals surface area contributed by atoms with Gasteiger partial charge in [0.1, 0.15) is 5.75 Å². The summed E-state index contributed by atoms with van der Waals surface area (Å²) in [5.74, 6) is 0.733. The Balaban J connectivity index is 1.83. The van der Waals surface area contributed by atoms with E-state index < -0.39 is 0 Å². The normalized spacial score (nSPS) is 15.1. The number of benzene rings is 1. The number of nitrogens with zero attached hydrogens (tertiary/aromatic N) is 2. The maximum absolute atomic E-state index is 12.3. The maximum atomic E-state index is 12.3. The first-order valence-corrected chi connectivity index (χ1v) is 7.84. The van der Waals surface area contributed by atoms with E-state index in [-0.39, 0.29) is 11.9 Å². The molecule has 7 nitrogen and oxygen atoms in total. The van der Waals surface area contributed by atoms with Crippen LogP contribution in [0, 0.1) is 0 Å². The molecule has 0 atom stereocenters. The molecule has 2 N–H and O–H groups in total. The molecule has 0 aliphatic carbocycles. The number of amides is 3. The Morgan fingerprint density at radius 2 is 1.96 bits per heavy atom. The number of carbonyl (C=O) groups is 2. The van der Waals surface area contributed by atoms with E-state index in [1.165, 1.54) is 0 Å². The number of nitrogens with one attached hydrogen (secondary N) is 2. The number of likely N-dealkylation sites (N-methyl/N-ethyl adjacent to an activating group) is 1. The van der Waals surface area contributed by atoms with Crippen LogP contribution in [0.25, 0.3) is 0 Å². The maximum Gasteiger partial charge on any atom is 0.321 e. The van der Waals surface area contributed by atoms with Gasteiger partial charge >= 0.3 is 6.03 Å². The molecular weight excluding hydrogens is 296 g/mol. The average Bonchev–Trinajstić information content (AvgIpc) is 2.56. The molecule has 1 aliphatic heterocycles. The summed E-state index contributed by atoms with van der Waals surface area (Å²) in [6.45, 7) is 5.48. The quantitative estimate of drug-likeness (QED) is 0.848. The molecule has 1 heterocycles. The van der Waals surface area contributed by atoms with Crippen molar-refractivity contribution in [3.63, 3.8) is 0 Å². The lowest BCUT2D eigenvalue weighted by atomic mass is 10.3. The molecule has 1 saturated heterocycles. The fraction of sp³-hybridized carbons (Fsp3) is 0.500. The molecule has 0 saturated carbocycles. The second kappa shape index (κ2) is 8.38. The van der Waals surface area contributed by atoms with E-state index in [0.717, 1.165) is 5.75 Å². The summed E-state index contributed by atoms with van der Waals surface area (Å²) in [7, 11) is 1.63. The number of hydrogen-bond acceptors (Lipinski definition) is 4. The van der Waals surface area contributed by atoms with E-state index in [1.54, 1.807) is 11.9 Å². The largest absolute Gasteiger partial charge is 0.494 e. The van der Waals surface area contributed by atoms with Crippen LogP contribution in [-0.4, -0.2) is 68.1 Å². The third-order valence-electron chi connectivity index (χ3n) is 3.70. The summed E-state index contributed by atoms with van der Waals surface area (Å²) in [6.07, 6.45) is 0. The van der Waals surface area contributed by atoms with E-state index in [2.05, 4.69) is 10.6 Å². The van der Waals surface area contributed by atoms with Gasteiger partial charge in [-0.15, -0.1) is 0 Å². The van der Waals surface area contributed by atoms with Crippen molar-refractivity contribution < 1.29 is 14.3 Å². The Morgan fingerprint density at radius 3 is 2.61 bits per heavy atom. The van der Waals surface area contributed by atoms with Crippen LogP contribution in [0.2, 0.25) is 0 Å². The molecule has 1 aliphatic rings. The summed E-state index contributed by atoms with van der Waals surface area (Å²) < 4.78 is 5.43. The minimum Gasteiger partial charge on any atom is -0.494 e. The van der Waals surface area contributed by atoms with Crippen LogP contribution < -0.4 is 15.4 Å². The zero-order chi connectivity index (χ0) is 16.7. The fourth-order valence-corrected chi connectivity index (χ4v) is 2.42. The predicted octanol–water partition coefficient (Wildman–Crippen LogP) is 0.981. The lowest BCUT2D eigenvalue weighted by Gasteiger charge is -2.34. The van der Waals surface area contributed by atoms with Gasteiger partial charge in [0.05, 0.1) is 13.2 Å². The van der Waals surface area contributed by atoms with Crippen LogP contribution in [0.3, 0.4) is 0 Å². The zero-order valence-electron chi connectivity index (χ0n) is 13.7. The first-order valence-electron chi connectivity index (χ1n) is 7.84. The van der Waals surface area contributed by atoms with Gasteiger partial charge in [-0.2, -0.15) is 0 Å². The van der Waals surface area contributed by atoms with Gasteiger partial charge in [-0.25, -0.2) is 4.79 Å². The van der Waals surface area contributed by atoms with E-state index in [4.69, 9.17) is 4.74 Å². The summed E-state index contributed by atoms with van der Waals surface area (Å²) in [6, 6.07) is 7.22. The van der Waals surface area contributed by atoms with Gasteiger partial charge in [0, 0.05) is 45.0 Å². The number of anilines is 1. The standard InChI is InChI=1S/C16H24N4O3/c1-3-23-14-6-4-5-13(11-14)18-16(22)20-9-7-19(8-10-20)12-15(21)17-2/h4-6,11H,3,7-10,12H2,1-2H3,(H,17,21)(H,18,22). The molecule has 0 radical (unpaired) electrons. The molecule has 0 unspecified atom stereocenters. The minimum atomic E-state index is -0.127. The van der Waals surface area contributed by atoms with Gasteiger partial charge in [0.2, 0.25) is 5.91 Å². The molecule has 0 aromatic heterocycles. The van der Waals surface area contributed by atoms with Crippen LogP contribution >= 0.6 is 0 Å². The summed E-state index contributed by atoms with van der Waals surface area (Å²) in [5.41, 5.74) is 0.716. The lowest BCUT2D eigenvalue weighted by Crippen LogP contribution is -2.51. The SMILES string of the molecule is CCOc1cccc(NC(=O)N2CCN(CC(=O)NC)CC2)c1. The average molecular weight is 320 g/mol. The second-order valence-electron chi connectivity index (χ2n) is 5.33. The third-order valence-corrected chi connectivity index (χ3v) is 3.70. The molecule has 1 aromatic rings. The van der Waals surface area contributed by atoms with Crippen molar-refractivity contribution in [2.45, 2.75) is 6.92 Å². The van der Waals surface area contributed by atoms with E-state index in [1.807, 2.05) is 36.1 Å². The summed E-state index contributed by atoms with van der Waals surface area (Å²) in [5, 5.41) is 5.50. The summed E-state index contributed by atoms with van der Waals surface area (Å²) in [4.78, 5) is 27.5. The van der Waals surface area contributed by atoms with Crippen molar-refractivity contribution in [3.8, 4) is 5.75 Å². The molecule has 0 bridgehead atoms. The van der Waals surface area contributed by atoms with Gasteiger partial charge < -0.3 is 20.3 Å². The molecular formula is C16H24N4O3. The lowest BCUT2D eigenvalue weighted by molar-refractivity contribution is -0.122.